The van der Waals surface area contributed by atoms with Crippen molar-refractivity contribution in [3.8, 4) is 5.75 Å². The fraction of sp³-hybridized carbons (Fsp3) is 0.708. The van der Waals surface area contributed by atoms with Gasteiger partial charge in [-0.2, -0.15) is 0 Å². The summed E-state index contributed by atoms with van der Waals surface area (Å²) in [5.74, 6) is 1.95. The Hall–Kier alpha value is -1.79. The van der Waals surface area contributed by atoms with Crippen LogP contribution >= 0.6 is 0 Å². The summed E-state index contributed by atoms with van der Waals surface area (Å²) in [6.45, 7) is 7.38. The number of hydrogen-bond acceptors (Lipinski definition) is 4. The van der Waals surface area contributed by atoms with Gasteiger partial charge in [0.15, 0.2) is 5.96 Å². The van der Waals surface area contributed by atoms with E-state index in [4.69, 9.17) is 14.2 Å². The minimum atomic E-state index is 0.307. The third-order valence-electron chi connectivity index (χ3n) is 5.89. The van der Waals surface area contributed by atoms with Crippen LogP contribution in [0.5, 0.6) is 5.75 Å². The molecule has 0 saturated carbocycles. The minimum absolute atomic E-state index is 0.307. The lowest BCUT2D eigenvalue weighted by atomic mass is 10.1. The molecule has 1 atom stereocenters. The molecule has 0 aromatic heterocycles. The maximum atomic E-state index is 6.13. The second-order valence-electron chi connectivity index (χ2n) is 8.35. The van der Waals surface area contributed by atoms with Gasteiger partial charge in [0.25, 0.3) is 0 Å². The van der Waals surface area contributed by atoms with Crippen LogP contribution in [0.15, 0.2) is 29.3 Å². The van der Waals surface area contributed by atoms with Gasteiger partial charge in [-0.15, -0.1) is 0 Å². The minimum Gasteiger partial charge on any atom is -0.494 e. The highest BCUT2D eigenvalue weighted by molar-refractivity contribution is 5.79. The third kappa shape index (κ3) is 7.80. The smallest absolute Gasteiger partial charge is 0.193 e. The van der Waals surface area contributed by atoms with E-state index in [-0.39, 0.29) is 0 Å². The molecule has 1 aromatic carbocycles. The lowest BCUT2D eigenvalue weighted by Gasteiger charge is -2.35. The molecule has 3 rings (SSSR count). The predicted octanol–water partition coefficient (Wildman–Crippen LogP) is 3.78. The van der Waals surface area contributed by atoms with Gasteiger partial charge in [0.2, 0.25) is 0 Å². The maximum Gasteiger partial charge on any atom is 0.193 e. The molecule has 6 nitrogen and oxygen atoms in total. The van der Waals surface area contributed by atoms with Crippen LogP contribution in [-0.4, -0.2) is 69.6 Å². The summed E-state index contributed by atoms with van der Waals surface area (Å²) in [5, 5.41) is 3.50. The van der Waals surface area contributed by atoms with Crippen LogP contribution in [0.1, 0.15) is 50.5 Å². The molecule has 6 heteroatoms. The Morgan fingerprint density at radius 3 is 2.63 bits per heavy atom. The second kappa shape index (κ2) is 12.8. The van der Waals surface area contributed by atoms with E-state index >= 15 is 0 Å². The lowest BCUT2D eigenvalue weighted by Crippen LogP contribution is -2.47. The molecule has 2 heterocycles. The molecule has 0 bridgehead atoms. The van der Waals surface area contributed by atoms with E-state index in [9.17, 15) is 0 Å². The first kappa shape index (κ1) is 22.9. The summed E-state index contributed by atoms with van der Waals surface area (Å²) in [7, 11) is 1.87. The van der Waals surface area contributed by atoms with Gasteiger partial charge in [0, 0.05) is 33.3 Å². The van der Waals surface area contributed by atoms with Crippen molar-refractivity contribution in [3.63, 3.8) is 0 Å². The molecule has 2 fully saturated rings. The van der Waals surface area contributed by atoms with Gasteiger partial charge in [-0.1, -0.05) is 17.7 Å². The summed E-state index contributed by atoms with van der Waals surface area (Å²) in [4.78, 5) is 6.82. The van der Waals surface area contributed by atoms with Crippen molar-refractivity contribution in [2.45, 2.75) is 64.1 Å². The third-order valence-corrected chi connectivity index (χ3v) is 5.89. The first-order valence-corrected chi connectivity index (χ1v) is 11.6. The predicted molar refractivity (Wildman–Crippen MR) is 121 cm³/mol. The monoisotopic (exact) mass is 417 g/mol. The zero-order chi connectivity index (χ0) is 21.0. The molecular weight excluding hydrogens is 378 g/mol. The summed E-state index contributed by atoms with van der Waals surface area (Å²) < 4.78 is 17.7. The van der Waals surface area contributed by atoms with E-state index < -0.39 is 0 Å². The number of rotatable bonds is 9. The van der Waals surface area contributed by atoms with Gasteiger partial charge in [-0.05, 0) is 64.0 Å². The van der Waals surface area contributed by atoms with Crippen molar-refractivity contribution in [2.24, 2.45) is 4.99 Å². The van der Waals surface area contributed by atoms with E-state index in [2.05, 4.69) is 34.3 Å². The number of piperidine rings is 1. The number of likely N-dealkylation sites (tertiary alicyclic amines) is 1. The topological polar surface area (TPSA) is 55.3 Å². The number of hydrogen-bond donors (Lipinski definition) is 1. The number of benzene rings is 1. The summed E-state index contributed by atoms with van der Waals surface area (Å²) in [5.41, 5.74) is 1.26. The summed E-state index contributed by atoms with van der Waals surface area (Å²) >= 11 is 0. The van der Waals surface area contributed by atoms with Crippen LogP contribution in [0.2, 0.25) is 0 Å². The number of aliphatic imine (C=N–C) groups is 1. The number of unbranched alkanes of at least 4 members (excludes halogenated alkanes) is 1. The Morgan fingerprint density at radius 1 is 1.13 bits per heavy atom. The van der Waals surface area contributed by atoms with Gasteiger partial charge in [0.1, 0.15) is 5.75 Å². The SMILES string of the molecule is CN=C(NCCCCOc1ccc(C)cc1)N1CCC(OCC2CCCCO2)CC1. The highest BCUT2D eigenvalue weighted by Crippen LogP contribution is 2.18. The van der Waals surface area contributed by atoms with Crippen molar-refractivity contribution < 1.29 is 14.2 Å². The largest absolute Gasteiger partial charge is 0.494 e. The van der Waals surface area contributed by atoms with E-state index in [0.717, 1.165) is 83.3 Å². The molecule has 0 aliphatic carbocycles. The van der Waals surface area contributed by atoms with Crippen molar-refractivity contribution in [1.82, 2.24) is 10.2 Å². The normalized spacial score (nSPS) is 20.9. The molecule has 0 amide bonds. The fourth-order valence-corrected chi connectivity index (χ4v) is 4.00. The Morgan fingerprint density at radius 2 is 1.93 bits per heavy atom. The van der Waals surface area contributed by atoms with Crippen LogP contribution in [0.25, 0.3) is 0 Å². The van der Waals surface area contributed by atoms with Crippen LogP contribution < -0.4 is 10.1 Å². The standard InChI is InChI=1S/C24H39N3O3/c1-20-8-10-21(11-9-20)28-18-6-4-14-26-24(25-2)27-15-12-22(13-16-27)30-19-23-7-3-5-17-29-23/h8-11,22-23H,3-7,12-19H2,1-2H3,(H,25,26). The molecule has 30 heavy (non-hydrogen) atoms. The molecule has 1 N–H and O–H groups in total. The molecule has 168 valence electrons. The van der Waals surface area contributed by atoms with Crippen molar-refractivity contribution >= 4 is 5.96 Å². The Bertz CT molecular complexity index is 621. The number of ether oxygens (including phenoxy) is 3. The van der Waals surface area contributed by atoms with Crippen LogP contribution in [0, 0.1) is 6.92 Å². The maximum absolute atomic E-state index is 6.13. The Labute approximate surface area is 182 Å². The highest BCUT2D eigenvalue weighted by atomic mass is 16.5. The number of guanidine groups is 1. The second-order valence-corrected chi connectivity index (χ2v) is 8.35. The zero-order valence-corrected chi connectivity index (χ0v) is 18.8. The van der Waals surface area contributed by atoms with Crippen molar-refractivity contribution in [3.05, 3.63) is 29.8 Å². The van der Waals surface area contributed by atoms with E-state index in [0.29, 0.717) is 12.2 Å². The van der Waals surface area contributed by atoms with Crippen molar-refractivity contribution in [2.75, 3.05) is 46.5 Å². The van der Waals surface area contributed by atoms with Gasteiger partial charge in [0.05, 0.1) is 25.4 Å². The highest BCUT2D eigenvalue weighted by Gasteiger charge is 2.23. The van der Waals surface area contributed by atoms with Crippen molar-refractivity contribution in [1.29, 1.82) is 0 Å². The molecule has 2 aliphatic rings. The summed E-state index contributed by atoms with van der Waals surface area (Å²) in [6, 6.07) is 8.23. The Kier molecular flexibility index (Phi) is 9.77. The first-order chi connectivity index (χ1) is 14.7. The quantitative estimate of drug-likeness (QED) is 0.376. The summed E-state index contributed by atoms with van der Waals surface area (Å²) in [6.07, 6.45) is 8.46. The lowest BCUT2D eigenvalue weighted by molar-refractivity contribution is -0.0721. The van der Waals surface area contributed by atoms with E-state index in [1.165, 1.54) is 18.4 Å². The van der Waals surface area contributed by atoms with E-state index in [1.54, 1.807) is 0 Å². The number of nitrogens with one attached hydrogen (secondary N) is 1. The average molecular weight is 418 g/mol. The molecule has 1 aromatic rings. The average Bonchev–Trinajstić information content (AvgIpc) is 2.80. The molecule has 2 aliphatic heterocycles. The van der Waals surface area contributed by atoms with Crippen LogP contribution in [0.4, 0.5) is 0 Å². The van der Waals surface area contributed by atoms with Gasteiger partial charge in [-0.25, -0.2) is 0 Å². The Balaban J connectivity index is 1.25. The zero-order valence-electron chi connectivity index (χ0n) is 18.8. The van der Waals surface area contributed by atoms with Crippen LogP contribution in [0.3, 0.4) is 0 Å². The van der Waals surface area contributed by atoms with Crippen LogP contribution in [-0.2, 0) is 9.47 Å². The van der Waals surface area contributed by atoms with Gasteiger partial charge in [-0.3, -0.25) is 4.99 Å². The van der Waals surface area contributed by atoms with E-state index in [1.807, 2.05) is 19.2 Å². The van der Waals surface area contributed by atoms with Gasteiger partial charge < -0.3 is 24.4 Å². The number of aryl methyl sites for hydroxylation is 1. The first-order valence-electron chi connectivity index (χ1n) is 11.6. The molecule has 1 unspecified atom stereocenters. The molecular formula is C24H39N3O3. The molecule has 0 radical (unpaired) electrons. The van der Waals surface area contributed by atoms with Gasteiger partial charge >= 0.3 is 0 Å². The fourth-order valence-electron chi connectivity index (χ4n) is 4.00. The molecule has 0 spiro atoms. The number of nitrogens with zero attached hydrogens (tertiary/aromatic N) is 2. The molecule has 2 saturated heterocycles.